The molecule has 0 bridgehead atoms. The average molecular weight is 434 g/mol. The largest absolute Gasteiger partial charge is 0.337 e. The van der Waals surface area contributed by atoms with Crippen molar-refractivity contribution in [1.82, 2.24) is 24.0 Å². The first kappa shape index (κ1) is 20.2. The van der Waals surface area contributed by atoms with Crippen molar-refractivity contribution in [3.63, 3.8) is 0 Å². The number of rotatable bonds is 6. The van der Waals surface area contributed by atoms with E-state index in [9.17, 15) is 4.79 Å². The van der Waals surface area contributed by atoms with Gasteiger partial charge < -0.3 is 4.57 Å². The summed E-state index contributed by atoms with van der Waals surface area (Å²) in [6.45, 7) is 1.49. The van der Waals surface area contributed by atoms with Crippen LogP contribution in [0.25, 0.3) is 10.2 Å². The topological polar surface area (TPSA) is 56.0 Å². The maximum absolute atomic E-state index is 13.3. The Morgan fingerprint density at radius 1 is 1.23 bits per heavy atom. The summed E-state index contributed by atoms with van der Waals surface area (Å²) in [7, 11) is 4.21. The van der Waals surface area contributed by atoms with Gasteiger partial charge in [0.2, 0.25) is 0 Å². The average Bonchev–Trinajstić information content (AvgIpc) is 3.36. The highest BCUT2D eigenvalue weighted by Crippen LogP contribution is 2.35. The highest BCUT2D eigenvalue weighted by molar-refractivity contribution is 7.18. The zero-order chi connectivity index (χ0) is 21.4. The van der Waals surface area contributed by atoms with Gasteiger partial charge in [-0.3, -0.25) is 14.3 Å². The summed E-state index contributed by atoms with van der Waals surface area (Å²) in [5.74, 6) is 1.08. The molecule has 0 radical (unpaired) electrons. The number of thiophene rings is 1. The molecule has 31 heavy (non-hydrogen) atoms. The van der Waals surface area contributed by atoms with Gasteiger partial charge in [-0.2, -0.15) is 0 Å². The van der Waals surface area contributed by atoms with E-state index >= 15 is 0 Å². The fraction of sp³-hybridized carbons (Fsp3) is 0.375. The molecule has 6 nitrogen and oxygen atoms in total. The molecule has 1 atom stereocenters. The van der Waals surface area contributed by atoms with Crippen LogP contribution < -0.4 is 5.56 Å². The van der Waals surface area contributed by atoms with Crippen molar-refractivity contribution >= 4 is 21.6 Å². The minimum absolute atomic E-state index is 0.109. The zero-order valence-electron chi connectivity index (χ0n) is 18.0. The first-order chi connectivity index (χ1) is 15.1. The van der Waals surface area contributed by atoms with Crippen molar-refractivity contribution in [2.45, 2.75) is 44.8 Å². The van der Waals surface area contributed by atoms with Gasteiger partial charge in [-0.05, 0) is 43.9 Å². The van der Waals surface area contributed by atoms with Crippen molar-refractivity contribution < 1.29 is 0 Å². The van der Waals surface area contributed by atoms with Crippen LogP contribution in [0.4, 0.5) is 0 Å². The SMILES string of the molecule is CN(Cc1nccn1C)C1CCc2c(sc3ncn(CCc4ccccc4)c(=O)c23)C1. The summed E-state index contributed by atoms with van der Waals surface area (Å²) in [5.41, 5.74) is 2.58. The Bertz CT molecular complexity index is 1260. The van der Waals surface area contributed by atoms with E-state index in [2.05, 4.69) is 38.6 Å². The quantitative estimate of drug-likeness (QED) is 0.468. The summed E-state index contributed by atoms with van der Waals surface area (Å²) in [6, 6.07) is 10.8. The van der Waals surface area contributed by atoms with Crippen LogP contribution in [0.3, 0.4) is 0 Å². The van der Waals surface area contributed by atoms with Crippen molar-refractivity contribution in [2.24, 2.45) is 7.05 Å². The van der Waals surface area contributed by atoms with Crippen molar-refractivity contribution in [1.29, 1.82) is 0 Å². The first-order valence-corrected chi connectivity index (χ1v) is 11.6. The molecule has 7 heteroatoms. The van der Waals surface area contributed by atoms with Crippen LogP contribution in [0, 0.1) is 0 Å². The predicted octanol–water partition coefficient (Wildman–Crippen LogP) is 3.42. The molecule has 1 aromatic carbocycles. The lowest BCUT2D eigenvalue weighted by atomic mass is 9.92. The Morgan fingerprint density at radius 3 is 2.84 bits per heavy atom. The van der Waals surface area contributed by atoms with Crippen molar-refractivity contribution in [2.75, 3.05) is 7.05 Å². The summed E-state index contributed by atoms with van der Waals surface area (Å²) >= 11 is 1.70. The van der Waals surface area contributed by atoms with E-state index in [1.54, 1.807) is 22.2 Å². The third-order valence-electron chi connectivity index (χ3n) is 6.43. The molecule has 160 valence electrons. The summed E-state index contributed by atoms with van der Waals surface area (Å²) in [4.78, 5) is 27.0. The fourth-order valence-corrected chi connectivity index (χ4v) is 5.76. The van der Waals surface area contributed by atoms with Crippen molar-refractivity contribution in [3.05, 3.63) is 81.2 Å². The van der Waals surface area contributed by atoms with Gasteiger partial charge in [-0.15, -0.1) is 11.3 Å². The van der Waals surface area contributed by atoms with Gasteiger partial charge in [0.25, 0.3) is 5.56 Å². The summed E-state index contributed by atoms with van der Waals surface area (Å²) in [6.07, 6.45) is 9.36. The molecule has 4 aromatic rings. The maximum atomic E-state index is 13.3. The summed E-state index contributed by atoms with van der Waals surface area (Å²) < 4.78 is 3.85. The molecule has 0 fully saturated rings. The molecule has 0 amide bonds. The minimum Gasteiger partial charge on any atom is -0.337 e. The van der Waals surface area contributed by atoms with Gasteiger partial charge >= 0.3 is 0 Å². The molecule has 0 spiro atoms. The molecule has 1 aliphatic rings. The Morgan fingerprint density at radius 2 is 2.06 bits per heavy atom. The van der Waals surface area contributed by atoms with E-state index in [1.807, 2.05) is 37.6 Å². The number of nitrogens with zero attached hydrogens (tertiary/aromatic N) is 5. The molecule has 5 rings (SSSR count). The third-order valence-corrected chi connectivity index (χ3v) is 7.59. The molecule has 3 heterocycles. The third kappa shape index (κ3) is 3.95. The van der Waals surface area contributed by atoms with Gasteiger partial charge in [0.05, 0.1) is 18.3 Å². The lowest BCUT2D eigenvalue weighted by Gasteiger charge is -2.30. The molecule has 1 aliphatic carbocycles. The summed E-state index contributed by atoms with van der Waals surface area (Å²) in [5, 5.41) is 0.848. The van der Waals surface area contributed by atoms with Crippen LogP contribution in [0.1, 0.15) is 28.2 Å². The van der Waals surface area contributed by atoms with Gasteiger partial charge in [0.1, 0.15) is 10.7 Å². The van der Waals surface area contributed by atoms with E-state index in [4.69, 9.17) is 0 Å². The lowest BCUT2D eigenvalue weighted by molar-refractivity contribution is 0.209. The van der Waals surface area contributed by atoms with E-state index in [1.165, 1.54) is 16.0 Å². The minimum atomic E-state index is 0.109. The van der Waals surface area contributed by atoms with Gasteiger partial charge in [-0.1, -0.05) is 30.3 Å². The Hall–Kier alpha value is -2.77. The highest BCUT2D eigenvalue weighted by Gasteiger charge is 2.27. The molecular weight excluding hydrogens is 406 g/mol. The molecular formula is C24H27N5OS. The van der Waals surface area contributed by atoms with Crippen LogP contribution in [-0.4, -0.2) is 37.1 Å². The zero-order valence-corrected chi connectivity index (χ0v) is 18.8. The second-order valence-electron chi connectivity index (χ2n) is 8.43. The number of hydrogen-bond acceptors (Lipinski definition) is 5. The first-order valence-electron chi connectivity index (χ1n) is 10.8. The number of fused-ring (bicyclic) bond motifs is 3. The molecule has 0 aliphatic heterocycles. The number of benzene rings is 1. The predicted molar refractivity (Wildman–Crippen MR) is 125 cm³/mol. The normalized spacial score (nSPS) is 16.2. The molecule has 3 aromatic heterocycles. The van der Waals surface area contributed by atoms with Crippen molar-refractivity contribution in [3.8, 4) is 0 Å². The van der Waals surface area contributed by atoms with Crippen LogP contribution in [-0.2, 0) is 39.4 Å². The van der Waals surface area contributed by atoms with Crippen LogP contribution in [0.5, 0.6) is 0 Å². The molecule has 0 saturated carbocycles. The number of imidazole rings is 1. The second kappa shape index (κ2) is 8.40. The Balaban J connectivity index is 1.36. The van der Waals surface area contributed by atoms with E-state index < -0.39 is 0 Å². The van der Waals surface area contributed by atoms with Crippen LogP contribution in [0.2, 0.25) is 0 Å². The fourth-order valence-electron chi connectivity index (χ4n) is 4.51. The Labute approximate surface area is 185 Å². The van der Waals surface area contributed by atoms with E-state index in [0.29, 0.717) is 12.6 Å². The molecule has 0 N–H and O–H groups in total. The lowest BCUT2D eigenvalue weighted by Crippen LogP contribution is -2.36. The van der Waals surface area contributed by atoms with Crippen LogP contribution in [0.15, 0.2) is 53.8 Å². The van der Waals surface area contributed by atoms with Gasteiger partial charge in [0, 0.05) is 36.9 Å². The number of likely N-dealkylation sites (N-methyl/N-ethyl adjacent to an activating group) is 1. The standard InChI is InChI=1S/C24H27N5OS/c1-27-13-11-25-21(27)15-28(2)18-8-9-19-20(14-18)31-23-22(19)24(30)29(16-26-23)12-10-17-6-4-3-5-7-17/h3-7,11,13,16,18H,8-10,12,14-15H2,1-2H3. The number of hydrogen-bond donors (Lipinski definition) is 0. The second-order valence-corrected chi connectivity index (χ2v) is 9.51. The monoisotopic (exact) mass is 433 g/mol. The smallest absolute Gasteiger partial charge is 0.262 e. The van der Waals surface area contributed by atoms with E-state index in [0.717, 1.165) is 48.3 Å². The Kier molecular flexibility index (Phi) is 5.46. The van der Waals surface area contributed by atoms with Crippen LogP contribution >= 0.6 is 11.3 Å². The van der Waals surface area contributed by atoms with Gasteiger partial charge in [0.15, 0.2) is 0 Å². The highest BCUT2D eigenvalue weighted by atomic mass is 32.1. The number of aryl methyl sites for hydroxylation is 4. The molecule has 0 saturated heterocycles. The molecule has 1 unspecified atom stereocenters. The maximum Gasteiger partial charge on any atom is 0.262 e. The van der Waals surface area contributed by atoms with E-state index in [-0.39, 0.29) is 5.56 Å². The van der Waals surface area contributed by atoms with Gasteiger partial charge in [-0.25, -0.2) is 9.97 Å². The number of aromatic nitrogens is 4.